The van der Waals surface area contributed by atoms with Crippen molar-refractivity contribution in [2.45, 2.75) is 6.42 Å². The number of nitrogens with zero attached hydrogens (tertiary/aromatic N) is 2. The molecule has 0 N–H and O–H groups in total. The number of carbonyl (C=O) groups is 1. The SMILES string of the molecule is COCC[N+]1(CCC(=O)[O-])C=NCC1. The zero-order valence-electron chi connectivity index (χ0n) is 8.44. The summed E-state index contributed by atoms with van der Waals surface area (Å²) in [4.78, 5) is 14.5. The third-order valence-electron chi connectivity index (χ3n) is 2.50. The topological polar surface area (TPSA) is 61.7 Å². The van der Waals surface area contributed by atoms with Crippen LogP contribution in [0.3, 0.4) is 0 Å². The summed E-state index contributed by atoms with van der Waals surface area (Å²) in [7, 11) is 1.64. The van der Waals surface area contributed by atoms with E-state index in [0.29, 0.717) is 17.6 Å². The number of carboxylic acids is 1. The molecule has 1 aliphatic heterocycles. The van der Waals surface area contributed by atoms with Gasteiger partial charge in [0.05, 0.1) is 19.7 Å². The first-order valence-electron chi connectivity index (χ1n) is 4.74. The first kappa shape index (κ1) is 11.1. The van der Waals surface area contributed by atoms with E-state index in [9.17, 15) is 9.90 Å². The van der Waals surface area contributed by atoms with E-state index in [1.165, 1.54) is 0 Å². The van der Waals surface area contributed by atoms with Crippen molar-refractivity contribution < 1.29 is 19.1 Å². The van der Waals surface area contributed by atoms with Crippen molar-refractivity contribution in [3.63, 3.8) is 0 Å². The predicted octanol–water partition coefficient (Wildman–Crippen LogP) is -1.37. The van der Waals surface area contributed by atoms with E-state index in [1.54, 1.807) is 7.11 Å². The Labute approximate surface area is 83.6 Å². The maximum atomic E-state index is 10.4. The molecule has 1 rings (SSSR count). The summed E-state index contributed by atoms with van der Waals surface area (Å²) in [5, 5.41) is 10.4. The van der Waals surface area contributed by atoms with E-state index in [0.717, 1.165) is 19.6 Å². The molecule has 1 unspecified atom stereocenters. The van der Waals surface area contributed by atoms with Crippen molar-refractivity contribution in [3.8, 4) is 0 Å². The molecule has 0 fully saturated rings. The second-order valence-corrected chi connectivity index (χ2v) is 3.53. The standard InChI is InChI=1S/C9H16N2O3/c1-14-7-6-11(4-2-9(12)13)5-3-10-8-11/h8H,2-7H2,1H3. The Morgan fingerprint density at radius 2 is 2.43 bits per heavy atom. The highest BCUT2D eigenvalue weighted by Gasteiger charge is 2.28. The van der Waals surface area contributed by atoms with Crippen LogP contribution in [0.5, 0.6) is 0 Å². The lowest BCUT2D eigenvalue weighted by Gasteiger charge is -2.30. The number of aliphatic imine (C=N–C) groups is 1. The van der Waals surface area contributed by atoms with E-state index >= 15 is 0 Å². The van der Waals surface area contributed by atoms with Crippen LogP contribution in [0.4, 0.5) is 0 Å². The monoisotopic (exact) mass is 200 g/mol. The van der Waals surface area contributed by atoms with E-state index in [2.05, 4.69) is 4.99 Å². The summed E-state index contributed by atoms with van der Waals surface area (Å²) >= 11 is 0. The molecule has 0 radical (unpaired) electrons. The number of carboxylic acid groups (broad SMARTS) is 1. The number of quaternary nitrogens is 1. The molecule has 0 aliphatic carbocycles. The molecule has 0 aromatic heterocycles. The summed E-state index contributed by atoms with van der Waals surface area (Å²) in [5.41, 5.74) is 0. The van der Waals surface area contributed by atoms with Gasteiger partial charge in [0.2, 0.25) is 0 Å². The molecule has 5 nitrogen and oxygen atoms in total. The van der Waals surface area contributed by atoms with Crippen molar-refractivity contribution in [2.24, 2.45) is 4.99 Å². The molecule has 0 aromatic rings. The molecule has 0 bridgehead atoms. The minimum Gasteiger partial charge on any atom is -0.550 e. The fourth-order valence-electron chi connectivity index (χ4n) is 1.58. The Balaban J connectivity index is 2.44. The molecular weight excluding hydrogens is 184 g/mol. The zero-order valence-corrected chi connectivity index (χ0v) is 8.44. The summed E-state index contributed by atoms with van der Waals surface area (Å²) in [6, 6.07) is 0. The van der Waals surface area contributed by atoms with E-state index in [4.69, 9.17) is 4.74 Å². The summed E-state index contributed by atoms with van der Waals surface area (Å²) < 4.78 is 5.61. The van der Waals surface area contributed by atoms with Gasteiger partial charge in [0, 0.05) is 19.5 Å². The smallest absolute Gasteiger partial charge is 0.185 e. The molecule has 0 amide bonds. The fraction of sp³-hybridized carbons (Fsp3) is 0.778. The van der Waals surface area contributed by atoms with Gasteiger partial charge in [0.25, 0.3) is 0 Å². The lowest BCUT2D eigenvalue weighted by Crippen LogP contribution is -2.49. The normalized spacial score (nSPS) is 25.5. The van der Waals surface area contributed by atoms with Crippen LogP contribution in [0.1, 0.15) is 6.42 Å². The highest BCUT2D eigenvalue weighted by atomic mass is 16.5. The van der Waals surface area contributed by atoms with Crippen molar-refractivity contribution in [1.82, 2.24) is 0 Å². The number of ether oxygens (including phenoxy) is 1. The quantitative estimate of drug-likeness (QED) is 0.497. The first-order chi connectivity index (χ1) is 6.68. The summed E-state index contributed by atoms with van der Waals surface area (Å²) in [6.45, 7) is 3.61. The van der Waals surface area contributed by atoms with Gasteiger partial charge < -0.3 is 14.6 Å². The van der Waals surface area contributed by atoms with Gasteiger partial charge in [-0.15, -0.1) is 0 Å². The van der Waals surface area contributed by atoms with Gasteiger partial charge in [-0.2, -0.15) is 0 Å². The third-order valence-corrected chi connectivity index (χ3v) is 2.50. The molecule has 0 spiro atoms. The van der Waals surface area contributed by atoms with Crippen LogP contribution in [-0.2, 0) is 9.53 Å². The Kier molecular flexibility index (Phi) is 4.03. The number of aliphatic carboxylic acids is 1. The molecule has 1 atom stereocenters. The van der Waals surface area contributed by atoms with Gasteiger partial charge in [0.1, 0.15) is 13.1 Å². The third kappa shape index (κ3) is 3.08. The van der Waals surface area contributed by atoms with Gasteiger partial charge in [-0.25, -0.2) is 4.99 Å². The van der Waals surface area contributed by atoms with Gasteiger partial charge in [0.15, 0.2) is 6.34 Å². The molecule has 0 saturated carbocycles. The lowest BCUT2D eigenvalue weighted by molar-refractivity contribution is -0.828. The minimum absolute atomic E-state index is 0.0791. The molecule has 5 heteroatoms. The summed E-state index contributed by atoms with van der Waals surface area (Å²) in [6.07, 6.45) is 1.91. The lowest BCUT2D eigenvalue weighted by atomic mass is 10.3. The van der Waals surface area contributed by atoms with Crippen LogP contribution in [0, 0.1) is 0 Å². The number of carbonyl (C=O) groups excluding carboxylic acids is 1. The minimum atomic E-state index is -1.000. The average Bonchev–Trinajstić information content (AvgIpc) is 2.61. The van der Waals surface area contributed by atoms with Crippen LogP contribution >= 0.6 is 0 Å². The number of hydrogen-bond donors (Lipinski definition) is 0. The van der Waals surface area contributed by atoms with Crippen LogP contribution in [0.2, 0.25) is 0 Å². The molecule has 0 saturated heterocycles. The zero-order chi connectivity index (χ0) is 10.4. The summed E-state index contributed by atoms with van der Waals surface area (Å²) in [5.74, 6) is -1.000. The number of hydrogen-bond acceptors (Lipinski definition) is 4. The second-order valence-electron chi connectivity index (χ2n) is 3.53. The molecule has 1 heterocycles. The second kappa shape index (κ2) is 5.07. The van der Waals surface area contributed by atoms with E-state index in [-0.39, 0.29) is 6.42 Å². The molecule has 14 heavy (non-hydrogen) atoms. The van der Waals surface area contributed by atoms with Crippen LogP contribution < -0.4 is 5.11 Å². The predicted molar refractivity (Wildman–Crippen MR) is 49.7 cm³/mol. The molecule has 80 valence electrons. The van der Waals surface area contributed by atoms with Crippen molar-refractivity contribution in [3.05, 3.63) is 0 Å². The van der Waals surface area contributed by atoms with Crippen LogP contribution in [0.15, 0.2) is 4.99 Å². The van der Waals surface area contributed by atoms with Gasteiger partial charge >= 0.3 is 0 Å². The molecular formula is C9H16N2O3. The average molecular weight is 200 g/mol. The highest BCUT2D eigenvalue weighted by Crippen LogP contribution is 2.09. The molecule has 1 aliphatic rings. The maximum Gasteiger partial charge on any atom is 0.185 e. The van der Waals surface area contributed by atoms with Crippen molar-refractivity contribution in [2.75, 3.05) is 39.9 Å². The van der Waals surface area contributed by atoms with E-state index < -0.39 is 5.97 Å². The Morgan fingerprint density at radius 1 is 1.64 bits per heavy atom. The Hall–Kier alpha value is -0.940. The van der Waals surface area contributed by atoms with Gasteiger partial charge in [-0.3, -0.25) is 4.48 Å². The van der Waals surface area contributed by atoms with Crippen molar-refractivity contribution in [1.29, 1.82) is 0 Å². The van der Waals surface area contributed by atoms with Gasteiger partial charge in [-0.05, 0) is 0 Å². The van der Waals surface area contributed by atoms with Crippen LogP contribution in [-0.4, -0.2) is 56.7 Å². The Morgan fingerprint density at radius 3 is 2.93 bits per heavy atom. The van der Waals surface area contributed by atoms with Gasteiger partial charge in [-0.1, -0.05) is 0 Å². The molecule has 0 aromatic carbocycles. The maximum absolute atomic E-state index is 10.4. The fourth-order valence-corrected chi connectivity index (χ4v) is 1.58. The Bertz CT molecular complexity index is 230. The number of rotatable bonds is 6. The largest absolute Gasteiger partial charge is 0.550 e. The van der Waals surface area contributed by atoms with Crippen molar-refractivity contribution >= 4 is 12.3 Å². The number of methoxy groups -OCH3 is 1. The first-order valence-corrected chi connectivity index (χ1v) is 4.74. The highest BCUT2D eigenvalue weighted by molar-refractivity contribution is 5.64. The van der Waals surface area contributed by atoms with Crippen LogP contribution in [0.25, 0.3) is 0 Å². The van der Waals surface area contributed by atoms with E-state index in [1.807, 2.05) is 6.34 Å².